The highest BCUT2D eigenvalue weighted by molar-refractivity contribution is 7.12. The molecule has 2 aliphatic rings. The topological polar surface area (TPSA) is 32.3 Å². The van der Waals surface area contributed by atoms with E-state index in [1.165, 1.54) is 45.9 Å². The molecular weight excluding hydrogens is 383 g/mol. The number of nitrogens with zero attached hydrogens (tertiary/aromatic N) is 1. The van der Waals surface area contributed by atoms with E-state index in [4.69, 9.17) is 0 Å². The number of thiophene rings is 1. The molecule has 0 unspecified atom stereocenters. The molecule has 1 N–H and O–H groups in total. The molecule has 2 aromatic carbocycles. The maximum absolute atomic E-state index is 13.6. The summed E-state index contributed by atoms with van der Waals surface area (Å²) in [6, 6.07) is 15.9. The minimum Gasteiger partial charge on any atom is -0.312 e. The summed E-state index contributed by atoms with van der Waals surface area (Å²) in [7, 11) is 0. The molecule has 2 amide bonds. The lowest BCUT2D eigenvalue weighted by Crippen LogP contribution is -2.42. The summed E-state index contributed by atoms with van der Waals surface area (Å²) in [6.07, 6.45) is 5.66. The van der Waals surface area contributed by atoms with Gasteiger partial charge in [-0.2, -0.15) is 0 Å². The fraction of sp³-hybridized carbons (Fsp3) is 0.292. The summed E-state index contributed by atoms with van der Waals surface area (Å²) in [4.78, 5) is 17.9. The normalized spacial score (nSPS) is 18.1. The van der Waals surface area contributed by atoms with Crippen LogP contribution in [-0.2, 0) is 19.3 Å². The highest BCUT2D eigenvalue weighted by Crippen LogP contribution is 2.45. The van der Waals surface area contributed by atoms with Gasteiger partial charge in [0.15, 0.2) is 0 Å². The van der Waals surface area contributed by atoms with Gasteiger partial charge < -0.3 is 10.2 Å². The van der Waals surface area contributed by atoms with E-state index >= 15 is 0 Å². The zero-order valence-electron chi connectivity index (χ0n) is 16.2. The first-order valence-electron chi connectivity index (χ1n) is 10.2. The molecule has 2 heterocycles. The molecule has 3 aromatic rings. The highest BCUT2D eigenvalue weighted by atomic mass is 32.1. The molecule has 5 rings (SSSR count). The maximum atomic E-state index is 13.6. The summed E-state index contributed by atoms with van der Waals surface area (Å²) in [5.41, 5.74) is 4.70. The average molecular weight is 407 g/mol. The second kappa shape index (κ2) is 7.64. The van der Waals surface area contributed by atoms with Gasteiger partial charge in [0.2, 0.25) is 0 Å². The summed E-state index contributed by atoms with van der Waals surface area (Å²) in [5, 5.41) is 3.03. The van der Waals surface area contributed by atoms with Crippen LogP contribution in [0.4, 0.5) is 14.9 Å². The standard InChI is InChI=1S/C24H23FN2OS/c25-17-12-10-16(11-13-17)22-23-20(19-8-4-5-9-21(19)29-23)14-15-27(22)24(28)26-18-6-2-1-3-7-18/h1-3,6-7,10-13,22H,4-5,8-9,14-15H2,(H,26,28)/t22-/m1/s1. The predicted molar refractivity (Wildman–Crippen MR) is 115 cm³/mol. The molecule has 0 fully saturated rings. The van der Waals surface area contributed by atoms with Crippen molar-refractivity contribution in [3.63, 3.8) is 0 Å². The summed E-state index contributed by atoms with van der Waals surface area (Å²) in [6.45, 7) is 0.664. The minimum absolute atomic E-state index is 0.109. The number of hydrogen-bond donors (Lipinski definition) is 1. The molecule has 1 aliphatic heterocycles. The Labute approximate surface area is 174 Å². The smallest absolute Gasteiger partial charge is 0.312 e. The third kappa shape index (κ3) is 3.44. The van der Waals surface area contributed by atoms with E-state index in [0.29, 0.717) is 6.54 Å². The van der Waals surface area contributed by atoms with Gasteiger partial charge in [0.05, 0.1) is 6.04 Å². The van der Waals surface area contributed by atoms with E-state index in [9.17, 15) is 9.18 Å². The van der Waals surface area contributed by atoms with E-state index in [1.807, 2.05) is 58.7 Å². The van der Waals surface area contributed by atoms with Gasteiger partial charge in [-0.1, -0.05) is 30.3 Å². The van der Waals surface area contributed by atoms with Crippen molar-refractivity contribution in [1.29, 1.82) is 0 Å². The fourth-order valence-electron chi connectivity index (χ4n) is 4.56. The Morgan fingerprint density at radius 3 is 2.52 bits per heavy atom. The lowest BCUT2D eigenvalue weighted by molar-refractivity contribution is 0.195. The van der Waals surface area contributed by atoms with Gasteiger partial charge in [-0.25, -0.2) is 9.18 Å². The van der Waals surface area contributed by atoms with Gasteiger partial charge in [0.1, 0.15) is 5.82 Å². The first kappa shape index (κ1) is 18.4. The number of amides is 2. The first-order valence-corrected chi connectivity index (χ1v) is 11.0. The summed E-state index contributed by atoms with van der Waals surface area (Å²) < 4.78 is 13.6. The number of carbonyl (C=O) groups excluding carboxylic acids is 1. The molecule has 148 valence electrons. The Balaban J connectivity index is 1.55. The lowest BCUT2D eigenvalue weighted by Gasteiger charge is -2.36. The Kier molecular flexibility index (Phi) is 4.84. The molecule has 0 saturated carbocycles. The minimum atomic E-state index is -0.254. The second-order valence-corrected chi connectivity index (χ2v) is 8.88. The number of rotatable bonds is 2. The number of halogens is 1. The number of urea groups is 1. The molecular formula is C24H23FN2OS. The Bertz CT molecular complexity index is 1030. The second-order valence-electron chi connectivity index (χ2n) is 7.75. The van der Waals surface area contributed by atoms with Gasteiger partial charge in [-0.05, 0) is 73.1 Å². The van der Waals surface area contributed by atoms with Crippen molar-refractivity contribution in [2.24, 2.45) is 0 Å². The zero-order valence-corrected chi connectivity index (χ0v) is 17.0. The number of anilines is 1. The van der Waals surface area contributed by atoms with Crippen molar-refractivity contribution in [3.05, 3.63) is 86.9 Å². The quantitative estimate of drug-likeness (QED) is 0.561. The van der Waals surface area contributed by atoms with Crippen LogP contribution in [0.2, 0.25) is 0 Å². The van der Waals surface area contributed by atoms with Crippen molar-refractivity contribution in [2.45, 2.75) is 38.1 Å². The van der Waals surface area contributed by atoms with Crippen LogP contribution in [0.5, 0.6) is 0 Å². The molecule has 1 aliphatic carbocycles. The van der Waals surface area contributed by atoms with Crippen LogP contribution in [0.1, 0.15) is 45.3 Å². The van der Waals surface area contributed by atoms with E-state index in [2.05, 4.69) is 5.32 Å². The Hall–Kier alpha value is -2.66. The molecule has 3 nitrogen and oxygen atoms in total. The van der Waals surface area contributed by atoms with Crippen molar-refractivity contribution in [1.82, 2.24) is 4.90 Å². The number of fused-ring (bicyclic) bond motifs is 3. The highest BCUT2D eigenvalue weighted by Gasteiger charge is 2.36. The third-order valence-electron chi connectivity index (χ3n) is 5.95. The number of para-hydroxylation sites is 1. The Morgan fingerprint density at radius 2 is 1.72 bits per heavy atom. The molecule has 29 heavy (non-hydrogen) atoms. The fourth-order valence-corrected chi connectivity index (χ4v) is 6.15. The van der Waals surface area contributed by atoms with Crippen molar-refractivity contribution in [3.8, 4) is 0 Å². The summed E-state index contributed by atoms with van der Waals surface area (Å²) >= 11 is 1.86. The molecule has 0 radical (unpaired) electrons. The van der Waals surface area contributed by atoms with Crippen LogP contribution in [0, 0.1) is 5.82 Å². The first-order chi connectivity index (χ1) is 14.2. The average Bonchev–Trinajstić information content (AvgIpc) is 3.13. The van der Waals surface area contributed by atoms with Gasteiger partial charge in [0, 0.05) is 22.0 Å². The van der Waals surface area contributed by atoms with Crippen molar-refractivity contribution in [2.75, 3.05) is 11.9 Å². The van der Waals surface area contributed by atoms with E-state index in [1.54, 1.807) is 0 Å². The monoisotopic (exact) mass is 406 g/mol. The van der Waals surface area contributed by atoms with Crippen LogP contribution >= 0.6 is 11.3 Å². The van der Waals surface area contributed by atoms with E-state index < -0.39 is 0 Å². The van der Waals surface area contributed by atoms with Gasteiger partial charge >= 0.3 is 6.03 Å². The summed E-state index contributed by atoms with van der Waals surface area (Å²) in [5.74, 6) is -0.254. The zero-order chi connectivity index (χ0) is 19.8. The molecule has 0 bridgehead atoms. The van der Waals surface area contributed by atoms with Crippen LogP contribution < -0.4 is 5.32 Å². The molecule has 0 spiro atoms. The van der Waals surface area contributed by atoms with Gasteiger partial charge in [-0.3, -0.25) is 0 Å². The van der Waals surface area contributed by atoms with Crippen LogP contribution in [0.15, 0.2) is 54.6 Å². The third-order valence-corrected chi connectivity index (χ3v) is 7.33. The maximum Gasteiger partial charge on any atom is 0.322 e. The molecule has 5 heteroatoms. The van der Waals surface area contributed by atoms with Crippen molar-refractivity contribution < 1.29 is 9.18 Å². The van der Waals surface area contributed by atoms with E-state index in [0.717, 1.165) is 30.5 Å². The largest absolute Gasteiger partial charge is 0.322 e. The number of hydrogen-bond acceptors (Lipinski definition) is 2. The lowest BCUT2D eigenvalue weighted by atomic mass is 9.88. The van der Waals surface area contributed by atoms with Crippen LogP contribution in [0.25, 0.3) is 0 Å². The SMILES string of the molecule is O=C(Nc1ccccc1)N1CCc2c(sc3c2CCCC3)[C@H]1c1ccc(F)cc1. The van der Waals surface area contributed by atoms with Crippen LogP contribution in [-0.4, -0.2) is 17.5 Å². The Morgan fingerprint density at radius 1 is 0.966 bits per heavy atom. The molecule has 0 saturated heterocycles. The van der Waals surface area contributed by atoms with Gasteiger partial charge in [-0.15, -0.1) is 11.3 Å². The number of nitrogens with one attached hydrogen (secondary N) is 1. The van der Waals surface area contributed by atoms with E-state index in [-0.39, 0.29) is 17.9 Å². The van der Waals surface area contributed by atoms with Crippen molar-refractivity contribution >= 4 is 23.1 Å². The number of benzene rings is 2. The molecule has 1 atom stereocenters. The number of carbonyl (C=O) groups is 1. The number of aryl methyl sites for hydroxylation is 1. The van der Waals surface area contributed by atoms with Crippen LogP contribution in [0.3, 0.4) is 0 Å². The van der Waals surface area contributed by atoms with Gasteiger partial charge in [0.25, 0.3) is 0 Å². The molecule has 1 aromatic heterocycles. The predicted octanol–water partition coefficient (Wildman–Crippen LogP) is 5.95.